The first-order chi connectivity index (χ1) is 8.10. The Bertz CT molecular complexity index is 368. The number of hydrogen-bond donors (Lipinski definition) is 2. The Balaban J connectivity index is 1.86. The highest BCUT2D eigenvalue weighted by Gasteiger charge is 2.37. The van der Waals surface area contributed by atoms with Gasteiger partial charge in [0.25, 0.3) is 0 Å². The number of rotatable bonds is 4. The molecule has 1 aliphatic rings. The summed E-state index contributed by atoms with van der Waals surface area (Å²) in [7, 11) is 0. The zero-order chi connectivity index (χ0) is 12.3. The molecular weight excluding hydrogens is 216 g/mol. The number of nitrogens with one attached hydrogen (secondary N) is 1. The minimum absolute atomic E-state index is 0.0188. The predicted molar refractivity (Wildman–Crippen MR) is 65.2 cm³/mol. The molecular formula is C12H20N4O. The number of nitrogens with two attached hydrogens (primary N) is 1. The number of amides is 1. The second kappa shape index (κ2) is 4.87. The van der Waals surface area contributed by atoms with Gasteiger partial charge in [-0.05, 0) is 25.8 Å². The minimum atomic E-state index is -0.640. The third-order valence-corrected chi connectivity index (χ3v) is 3.35. The Kier molecular flexibility index (Phi) is 3.47. The standard InChI is InChI=1S/C12H20N4O/c1-10(9-16-8-4-7-14-16)15-11(17)12(13)5-2-3-6-12/h4,7-8,10H,2-3,5-6,9,13H2,1H3,(H,15,17). The lowest BCUT2D eigenvalue weighted by Crippen LogP contribution is -2.54. The number of hydrogen-bond acceptors (Lipinski definition) is 3. The Morgan fingerprint density at radius 2 is 2.29 bits per heavy atom. The summed E-state index contributed by atoms with van der Waals surface area (Å²) in [5.74, 6) is -0.0188. The van der Waals surface area contributed by atoms with Crippen molar-refractivity contribution in [1.29, 1.82) is 0 Å². The zero-order valence-corrected chi connectivity index (χ0v) is 10.2. The van der Waals surface area contributed by atoms with Crippen LogP contribution in [0.1, 0.15) is 32.6 Å². The maximum Gasteiger partial charge on any atom is 0.240 e. The van der Waals surface area contributed by atoms with Crippen LogP contribution in [-0.4, -0.2) is 27.3 Å². The summed E-state index contributed by atoms with van der Waals surface area (Å²) in [5, 5.41) is 7.09. The maximum absolute atomic E-state index is 12.0. The van der Waals surface area contributed by atoms with Gasteiger partial charge in [-0.15, -0.1) is 0 Å². The van der Waals surface area contributed by atoms with Crippen LogP contribution < -0.4 is 11.1 Å². The molecule has 1 amide bonds. The summed E-state index contributed by atoms with van der Waals surface area (Å²) in [6.45, 7) is 2.65. The molecule has 0 bridgehead atoms. The molecule has 0 saturated heterocycles. The fraction of sp³-hybridized carbons (Fsp3) is 0.667. The van der Waals surface area contributed by atoms with E-state index in [2.05, 4.69) is 10.4 Å². The Hall–Kier alpha value is -1.36. The summed E-state index contributed by atoms with van der Waals surface area (Å²) in [6, 6.07) is 1.92. The van der Waals surface area contributed by atoms with Crippen LogP contribution in [0.15, 0.2) is 18.5 Å². The number of nitrogens with zero attached hydrogens (tertiary/aromatic N) is 2. The third-order valence-electron chi connectivity index (χ3n) is 3.35. The van der Waals surface area contributed by atoms with E-state index in [0.29, 0.717) is 6.54 Å². The summed E-state index contributed by atoms with van der Waals surface area (Å²) in [4.78, 5) is 12.0. The number of aromatic nitrogens is 2. The summed E-state index contributed by atoms with van der Waals surface area (Å²) < 4.78 is 1.81. The first kappa shape index (κ1) is 12.1. The largest absolute Gasteiger partial charge is 0.350 e. The molecule has 0 spiro atoms. The smallest absolute Gasteiger partial charge is 0.240 e. The topological polar surface area (TPSA) is 72.9 Å². The van der Waals surface area contributed by atoms with Gasteiger partial charge in [-0.2, -0.15) is 5.10 Å². The quantitative estimate of drug-likeness (QED) is 0.806. The van der Waals surface area contributed by atoms with Gasteiger partial charge in [0.1, 0.15) is 0 Å². The number of carbonyl (C=O) groups is 1. The molecule has 1 unspecified atom stereocenters. The van der Waals surface area contributed by atoms with Gasteiger partial charge in [0, 0.05) is 18.4 Å². The molecule has 1 atom stereocenters. The normalized spacial score (nSPS) is 20.1. The van der Waals surface area contributed by atoms with E-state index in [-0.39, 0.29) is 11.9 Å². The van der Waals surface area contributed by atoms with Crippen LogP contribution in [0.5, 0.6) is 0 Å². The molecule has 5 heteroatoms. The lowest BCUT2D eigenvalue weighted by molar-refractivity contribution is -0.126. The molecule has 17 heavy (non-hydrogen) atoms. The monoisotopic (exact) mass is 236 g/mol. The van der Waals surface area contributed by atoms with E-state index >= 15 is 0 Å². The van der Waals surface area contributed by atoms with E-state index in [1.165, 1.54) is 0 Å². The van der Waals surface area contributed by atoms with Gasteiger partial charge in [0.2, 0.25) is 5.91 Å². The summed E-state index contributed by atoms with van der Waals surface area (Å²) in [6.07, 6.45) is 7.32. The van der Waals surface area contributed by atoms with Gasteiger partial charge in [0.15, 0.2) is 0 Å². The molecule has 5 nitrogen and oxygen atoms in total. The van der Waals surface area contributed by atoms with Gasteiger partial charge < -0.3 is 11.1 Å². The first-order valence-corrected chi connectivity index (χ1v) is 6.17. The van der Waals surface area contributed by atoms with Crippen molar-refractivity contribution in [2.45, 2.75) is 50.7 Å². The van der Waals surface area contributed by atoms with Crippen molar-refractivity contribution in [1.82, 2.24) is 15.1 Å². The Labute approximate surface area is 101 Å². The summed E-state index contributed by atoms with van der Waals surface area (Å²) >= 11 is 0. The van der Waals surface area contributed by atoms with E-state index in [0.717, 1.165) is 25.7 Å². The molecule has 2 rings (SSSR count). The molecule has 1 aromatic rings. The minimum Gasteiger partial charge on any atom is -0.350 e. The lowest BCUT2D eigenvalue weighted by Gasteiger charge is -2.25. The zero-order valence-electron chi connectivity index (χ0n) is 10.2. The molecule has 1 heterocycles. The maximum atomic E-state index is 12.0. The van der Waals surface area contributed by atoms with Crippen molar-refractivity contribution >= 4 is 5.91 Å². The van der Waals surface area contributed by atoms with E-state index < -0.39 is 5.54 Å². The van der Waals surface area contributed by atoms with Crippen LogP contribution in [0.4, 0.5) is 0 Å². The molecule has 1 saturated carbocycles. The molecule has 1 aliphatic carbocycles. The average Bonchev–Trinajstić information content (AvgIpc) is 2.90. The van der Waals surface area contributed by atoms with E-state index in [4.69, 9.17) is 5.73 Å². The van der Waals surface area contributed by atoms with Crippen molar-refractivity contribution in [3.63, 3.8) is 0 Å². The molecule has 0 radical (unpaired) electrons. The van der Waals surface area contributed by atoms with Crippen molar-refractivity contribution in [2.24, 2.45) is 5.73 Å². The molecule has 3 N–H and O–H groups in total. The van der Waals surface area contributed by atoms with Gasteiger partial charge in [-0.1, -0.05) is 12.8 Å². The first-order valence-electron chi connectivity index (χ1n) is 6.17. The van der Waals surface area contributed by atoms with Crippen LogP contribution >= 0.6 is 0 Å². The second-order valence-corrected chi connectivity index (χ2v) is 4.97. The second-order valence-electron chi connectivity index (χ2n) is 4.97. The highest BCUT2D eigenvalue weighted by Crippen LogP contribution is 2.27. The van der Waals surface area contributed by atoms with E-state index in [1.807, 2.05) is 23.9 Å². The SMILES string of the molecule is CC(Cn1cccn1)NC(=O)C1(N)CCCC1. The average molecular weight is 236 g/mol. The van der Waals surface area contributed by atoms with Gasteiger partial charge >= 0.3 is 0 Å². The Morgan fingerprint density at radius 3 is 2.88 bits per heavy atom. The van der Waals surface area contributed by atoms with Crippen LogP contribution in [-0.2, 0) is 11.3 Å². The van der Waals surface area contributed by atoms with Crippen molar-refractivity contribution < 1.29 is 4.79 Å². The van der Waals surface area contributed by atoms with Crippen LogP contribution in [0.3, 0.4) is 0 Å². The number of carbonyl (C=O) groups excluding carboxylic acids is 1. The predicted octanol–water partition coefficient (Wildman–Crippen LogP) is 0.659. The molecule has 0 aromatic carbocycles. The van der Waals surface area contributed by atoms with Gasteiger partial charge in [0.05, 0.1) is 12.1 Å². The third kappa shape index (κ3) is 2.85. The van der Waals surface area contributed by atoms with Crippen molar-refractivity contribution in [3.8, 4) is 0 Å². The highest BCUT2D eigenvalue weighted by atomic mass is 16.2. The molecule has 0 aliphatic heterocycles. The van der Waals surface area contributed by atoms with E-state index in [9.17, 15) is 4.79 Å². The van der Waals surface area contributed by atoms with Gasteiger partial charge in [-0.3, -0.25) is 9.48 Å². The van der Waals surface area contributed by atoms with Crippen LogP contribution in [0.25, 0.3) is 0 Å². The fourth-order valence-corrected chi connectivity index (χ4v) is 2.34. The molecule has 1 fully saturated rings. The van der Waals surface area contributed by atoms with Gasteiger partial charge in [-0.25, -0.2) is 0 Å². The highest BCUT2D eigenvalue weighted by molar-refractivity contribution is 5.86. The molecule has 1 aromatic heterocycles. The van der Waals surface area contributed by atoms with Crippen LogP contribution in [0.2, 0.25) is 0 Å². The Morgan fingerprint density at radius 1 is 1.59 bits per heavy atom. The fourth-order valence-electron chi connectivity index (χ4n) is 2.34. The van der Waals surface area contributed by atoms with Crippen molar-refractivity contribution in [3.05, 3.63) is 18.5 Å². The summed E-state index contributed by atoms with van der Waals surface area (Å²) in [5.41, 5.74) is 5.45. The molecule has 94 valence electrons. The van der Waals surface area contributed by atoms with Crippen LogP contribution in [0, 0.1) is 0 Å². The van der Waals surface area contributed by atoms with Crippen molar-refractivity contribution in [2.75, 3.05) is 0 Å². The van der Waals surface area contributed by atoms with E-state index in [1.54, 1.807) is 6.20 Å². The lowest BCUT2D eigenvalue weighted by atomic mass is 9.98.